The molecule has 0 aliphatic heterocycles. The molecule has 1 aromatic heterocycles. The van der Waals surface area contributed by atoms with E-state index in [1.54, 1.807) is 24.5 Å². The van der Waals surface area contributed by atoms with Crippen LogP contribution in [0.5, 0.6) is 0 Å². The zero-order chi connectivity index (χ0) is 9.97. The number of aliphatic hydroxyl groups excluding tert-OH is 1. The summed E-state index contributed by atoms with van der Waals surface area (Å²) in [6, 6.07) is 7.21. The number of aromatic nitrogens is 2. The molecule has 2 aromatic rings. The molecule has 0 spiro atoms. The Morgan fingerprint density at radius 2 is 2.14 bits per heavy atom. The van der Waals surface area contributed by atoms with Gasteiger partial charge in [-0.25, -0.2) is 0 Å². The van der Waals surface area contributed by atoms with Crippen molar-refractivity contribution < 1.29 is 5.11 Å². The second-order valence-electron chi connectivity index (χ2n) is 2.96. The minimum Gasteiger partial charge on any atom is -0.383 e. The molecule has 0 saturated carbocycles. The van der Waals surface area contributed by atoms with Gasteiger partial charge in [0.1, 0.15) is 6.10 Å². The maximum atomic E-state index is 9.92. The number of nitrogens with zero attached hydrogens (tertiary/aromatic N) is 1. The van der Waals surface area contributed by atoms with Crippen molar-refractivity contribution in [2.75, 3.05) is 0 Å². The molecule has 2 N–H and O–H groups in total. The smallest absolute Gasteiger partial charge is 0.108 e. The van der Waals surface area contributed by atoms with E-state index in [2.05, 4.69) is 10.2 Å². The Morgan fingerprint density at radius 3 is 2.79 bits per heavy atom. The third kappa shape index (κ3) is 1.64. The van der Waals surface area contributed by atoms with E-state index in [-0.39, 0.29) is 0 Å². The first kappa shape index (κ1) is 9.24. The fourth-order valence-corrected chi connectivity index (χ4v) is 1.53. The number of hydrogen-bond acceptors (Lipinski definition) is 2. The topological polar surface area (TPSA) is 48.9 Å². The highest BCUT2D eigenvalue weighted by Gasteiger charge is 2.13. The largest absolute Gasteiger partial charge is 0.383 e. The van der Waals surface area contributed by atoms with Crippen LogP contribution in [0.3, 0.4) is 0 Å². The van der Waals surface area contributed by atoms with Crippen LogP contribution in [0.25, 0.3) is 0 Å². The van der Waals surface area contributed by atoms with Gasteiger partial charge in [-0.15, -0.1) is 0 Å². The Morgan fingerprint density at radius 1 is 1.36 bits per heavy atom. The van der Waals surface area contributed by atoms with E-state index < -0.39 is 6.10 Å². The lowest BCUT2D eigenvalue weighted by Crippen LogP contribution is -1.98. The van der Waals surface area contributed by atoms with Crippen molar-refractivity contribution in [3.63, 3.8) is 0 Å². The van der Waals surface area contributed by atoms with Crippen LogP contribution < -0.4 is 0 Å². The van der Waals surface area contributed by atoms with Crippen molar-refractivity contribution in [1.29, 1.82) is 0 Å². The molecule has 72 valence electrons. The third-order valence-electron chi connectivity index (χ3n) is 2.03. The van der Waals surface area contributed by atoms with Crippen LogP contribution >= 0.6 is 11.6 Å². The molecule has 1 unspecified atom stereocenters. The molecule has 0 aliphatic rings. The molecule has 1 atom stereocenters. The van der Waals surface area contributed by atoms with Crippen LogP contribution in [0.2, 0.25) is 5.02 Å². The van der Waals surface area contributed by atoms with Crippen LogP contribution in [0.1, 0.15) is 17.2 Å². The van der Waals surface area contributed by atoms with E-state index in [0.717, 1.165) is 0 Å². The van der Waals surface area contributed by atoms with Gasteiger partial charge < -0.3 is 5.11 Å². The molecule has 0 fully saturated rings. The number of hydrogen-bond donors (Lipinski definition) is 2. The molecule has 0 bridgehead atoms. The molecule has 0 saturated heterocycles. The number of benzene rings is 1. The van der Waals surface area contributed by atoms with Gasteiger partial charge in [-0.05, 0) is 6.07 Å². The van der Waals surface area contributed by atoms with Gasteiger partial charge in [-0.2, -0.15) is 5.10 Å². The normalized spacial score (nSPS) is 12.7. The van der Waals surface area contributed by atoms with Gasteiger partial charge >= 0.3 is 0 Å². The summed E-state index contributed by atoms with van der Waals surface area (Å²) >= 11 is 5.95. The van der Waals surface area contributed by atoms with Crippen LogP contribution in [0.15, 0.2) is 36.7 Å². The fraction of sp³-hybridized carbons (Fsp3) is 0.100. The number of aliphatic hydroxyl groups is 1. The zero-order valence-corrected chi connectivity index (χ0v) is 8.07. The van der Waals surface area contributed by atoms with E-state index in [0.29, 0.717) is 16.1 Å². The molecule has 0 radical (unpaired) electrons. The summed E-state index contributed by atoms with van der Waals surface area (Å²) in [6.07, 6.45) is 2.50. The number of H-pyrrole nitrogens is 1. The minimum absolute atomic E-state index is 0.557. The van der Waals surface area contributed by atoms with Crippen molar-refractivity contribution in [2.45, 2.75) is 6.10 Å². The second kappa shape index (κ2) is 3.82. The molecule has 0 aliphatic carbocycles. The number of aromatic amines is 1. The molecule has 14 heavy (non-hydrogen) atoms. The second-order valence-corrected chi connectivity index (χ2v) is 3.36. The lowest BCUT2D eigenvalue weighted by atomic mass is 10.1. The van der Waals surface area contributed by atoms with E-state index >= 15 is 0 Å². The molecule has 1 heterocycles. The van der Waals surface area contributed by atoms with E-state index in [9.17, 15) is 5.11 Å². The highest BCUT2D eigenvalue weighted by molar-refractivity contribution is 6.31. The van der Waals surface area contributed by atoms with Crippen LogP contribution in [0, 0.1) is 0 Å². The lowest BCUT2D eigenvalue weighted by Gasteiger charge is -2.09. The molecule has 3 nitrogen and oxygen atoms in total. The summed E-state index contributed by atoms with van der Waals surface area (Å²) in [5.41, 5.74) is 1.40. The first-order valence-corrected chi connectivity index (χ1v) is 4.58. The fourth-order valence-electron chi connectivity index (χ4n) is 1.29. The van der Waals surface area contributed by atoms with Crippen molar-refractivity contribution in [3.8, 4) is 0 Å². The van der Waals surface area contributed by atoms with E-state index in [1.165, 1.54) is 0 Å². The van der Waals surface area contributed by atoms with Gasteiger partial charge in [0.2, 0.25) is 0 Å². The zero-order valence-electron chi connectivity index (χ0n) is 7.31. The first-order valence-electron chi connectivity index (χ1n) is 4.20. The monoisotopic (exact) mass is 208 g/mol. The summed E-state index contributed by atoms with van der Waals surface area (Å²) in [4.78, 5) is 0. The van der Waals surface area contributed by atoms with Crippen molar-refractivity contribution in [3.05, 3.63) is 52.8 Å². The maximum Gasteiger partial charge on any atom is 0.108 e. The summed E-state index contributed by atoms with van der Waals surface area (Å²) in [7, 11) is 0. The number of halogens is 1. The third-order valence-corrected chi connectivity index (χ3v) is 2.38. The van der Waals surface area contributed by atoms with E-state index in [4.69, 9.17) is 11.6 Å². The van der Waals surface area contributed by atoms with Crippen molar-refractivity contribution in [1.82, 2.24) is 10.2 Å². The van der Waals surface area contributed by atoms with E-state index in [1.807, 2.05) is 12.1 Å². The van der Waals surface area contributed by atoms with Gasteiger partial charge in [-0.3, -0.25) is 5.10 Å². The van der Waals surface area contributed by atoms with Gasteiger partial charge in [0, 0.05) is 22.3 Å². The summed E-state index contributed by atoms with van der Waals surface area (Å²) in [5, 5.41) is 16.9. The molecule has 4 heteroatoms. The Kier molecular flexibility index (Phi) is 2.52. The van der Waals surface area contributed by atoms with Crippen LogP contribution in [-0.2, 0) is 0 Å². The highest BCUT2D eigenvalue weighted by atomic mass is 35.5. The predicted molar refractivity (Wildman–Crippen MR) is 54.1 cm³/mol. The SMILES string of the molecule is OC(c1cn[nH]c1)c1ccccc1Cl. The Hall–Kier alpha value is -1.32. The summed E-state index contributed by atoms with van der Waals surface area (Å²) in [6.45, 7) is 0. The molecule has 0 amide bonds. The molecule has 1 aromatic carbocycles. The Balaban J connectivity index is 2.37. The minimum atomic E-state index is -0.720. The average molecular weight is 209 g/mol. The van der Waals surface area contributed by atoms with Crippen molar-refractivity contribution >= 4 is 11.6 Å². The highest BCUT2D eigenvalue weighted by Crippen LogP contribution is 2.26. The van der Waals surface area contributed by atoms with Gasteiger partial charge in [-0.1, -0.05) is 29.8 Å². The molecule has 2 rings (SSSR count). The van der Waals surface area contributed by atoms with Gasteiger partial charge in [0.05, 0.1) is 6.20 Å². The Labute approximate surface area is 86.3 Å². The van der Waals surface area contributed by atoms with Crippen LogP contribution in [0.4, 0.5) is 0 Å². The standard InChI is InChI=1S/C10H9ClN2O/c11-9-4-2-1-3-8(9)10(14)7-5-12-13-6-7/h1-6,10,14H,(H,12,13). The molecular formula is C10H9ClN2O. The van der Waals surface area contributed by atoms with Crippen molar-refractivity contribution in [2.24, 2.45) is 0 Å². The predicted octanol–water partition coefficient (Wildman–Crippen LogP) is 2.14. The first-order chi connectivity index (χ1) is 6.79. The summed E-state index contributed by atoms with van der Waals surface area (Å²) in [5.74, 6) is 0. The number of rotatable bonds is 2. The molecular weight excluding hydrogens is 200 g/mol. The van der Waals surface area contributed by atoms with Gasteiger partial charge in [0.15, 0.2) is 0 Å². The summed E-state index contributed by atoms with van der Waals surface area (Å²) < 4.78 is 0. The lowest BCUT2D eigenvalue weighted by molar-refractivity contribution is 0.220. The maximum absolute atomic E-state index is 9.92. The quantitative estimate of drug-likeness (QED) is 0.795. The number of nitrogens with one attached hydrogen (secondary N) is 1. The average Bonchev–Trinajstić information content (AvgIpc) is 2.70. The van der Waals surface area contributed by atoms with Crippen LogP contribution in [-0.4, -0.2) is 15.3 Å². The van der Waals surface area contributed by atoms with Gasteiger partial charge in [0.25, 0.3) is 0 Å². The Bertz CT molecular complexity index is 414.